The highest BCUT2D eigenvalue weighted by atomic mass is 35.5. The first-order chi connectivity index (χ1) is 14.0. The number of ether oxygens (including phenoxy) is 1. The molecule has 3 heterocycles. The van der Waals surface area contributed by atoms with Crippen LogP contribution in [0.25, 0.3) is 11.4 Å². The molecule has 29 heavy (non-hydrogen) atoms. The van der Waals surface area contributed by atoms with Crippen LogP contribution in [0.15, 0.2) is 46.2 Å². The maximum atomic E-state index is 13.2. The number of rotatable bonds is 7. The van der Waals surface area contributed by atoms with E-state index in [1.54, 1.807) is 18.2 Å². The Morgan fingerprint density at radius 2 is 2.14 bits per heavy atom. The second-order valence-electron chi connectivity index (χ2n) is 6.59. The molecule has 0 bridgehead atoms. The smallest absolute Gasteiger partial charge is 0.244 e. The number of hydrogen-bond acceptors (Lipinski definition) is 6. The molecule has 0 unspecified atom stereocenters. The summed E-state index contributed by atoms with van der Waals surface area (Å²) >= 11 is 6.16. The third-order valence-corrected chi connectivity index (χ3v) is 7.22. The number of benzene rings is 1. The maximum Gasteiger partial charge on any atom is 0.244 e. The minimum absolute atomic E-state index is 0.108. The van der Waals surface area contributed by atoms with Gasteiger partial charge in [-0.25, -0.2) is 13.4 Å². The fourth-order valence-corrected chi connectivity index (χ4v) is 5.38. The first-order valence-electron chi connectivity index (χ1n) is 9.32. The summed E-state index contributed by atoms with van der Waals surface area (Å²) in [6, 6.07) is 6.48. The fraction of sp³-hybridized carbons (Fsp3) is 0.368. The summed E-state index contributed by atoms with van der Waals surface area (Å²) in [5.41, 5.74) is 3.03. The van der Waals surface area contributed by atoms with E-state index in [-0.39, 0.29) is 16.5 Å². The van der Waals surface area contributed by atoms with E-state index in [0.29, 0.717) is 44.1 Å². The molecule has 4 rings (SSSR count). The quantitative estimate of drug-likeness (QED) is 0.529. The van der Waals surface area contributed by atoms with Crippen LogP contribution in [0, 0.1) is 0 Å². The molecule has 0 spiro atoms. The fourth-order valence-electron chi connectivity index (χ4n) is 3.48. The molecular weight excluding hydrogens is 416 g/mol. The van der Waals surface area contributed by atoms with E-state index in [9.17, 15) is 8.42 Å². The number of hydrogen-bond donors (Lipinski definition) is 0. The highest BCUT2D eigenvalue weighted by molar-refractivity contribution is 7.89. The number of halogens is 1. The van der Waals surface area contributed by atoms with E-state index in [2.05, 4.69) is 10.1 Å². The Hall–Kier alpha value is -2.20. The Bertz CT molecular complexity index is 1100. The van der Waals surface area contributed by atoms with Crippen molar-refractivity contribution in [3.8, 4) is 11.4 Å². The van der Waals surface area contributed by atoms with Gasteiger partial charge in [0.15, 0.2) is 6.39 Å². The van der Waals surface area contributed by atoms with Crippen molar-refractivity contribution in [2.45, 2.75) is 31.3 Å². The van der Waals surface area contributed by atoms with Crippen molar-refractivity contribution in [1.82, 2.24) is 19.1 Å². The summed E-state index contributed by atoms with van der Waals surface area (Å²) in [5, 5.41) is 4.89. The first-order valence-corrected chi connectivity index (χ1v) is 11.1. The van der Waals surface area contributed by atoms with Crippen molar-refractivity contribution in [1.29, 1.82) is 0 Å². The Morgan fingerprint density at radius 3 is 2.86 bits per heavy atom. The van der Waals surface area contributed by atoms with Crippen LogP contribution in [0.5, 0.6) is 0 Å². The zero-order valence-electron chi connectivity index (χ0n) is 15.9. The highest BCUT2D eigenvalue weighted by Crippen LogP contribution is 2.33. The first kappa shape index (κ1) is 20.1. The van der Waals surface area contributed by atoms with Crippen molar-refractivity contribution >= 4 is 21.6 Å². The van der Waals surface area contributed by atoms with Gasteiger partial charge in [0.2, 0.25) is 10.0 Å². The Morgan fingerprint density at radius 1 is 1.31 bits per heavy atom. The number of oxazole rings is 1. The number of aromatic nitrogens is 3. The Balaban J connectivity index is 1.70. The molecule has 1 aliphatic heterocycles. The van der Waals surface area contributed by atoms with Crippen LogP contribution < -0.4 is 0 Å². The van der Waals surface area contributed by atoms with Gasteiger partial charge in [-0.05, 0) is 19.1 Å². The van der Waals surface area contributed by atoms with Crippen LogP contribution in [0.3, 0.4) is 0 Å². The van der Waals surface area contributed by atoms with Gasteiger partial charge in [-0.15, -0.1) is 0 Å². The predicted molar refractivity (Wildman–Crippen MR) is 107 cm³/mol. The van der Waals surface area contributed by atoms with Gasteiger partial charge >= 0.3 is 0 Å². The van der Waals surface area contributed by atoms with Gasteiger partial charge in [-0.1, -0.05) is 23.7 Å². The summed E-state index contributed by atoms with van der Waals surface area (Å²) in [5.74, 6) is 0. The SMILES string of the molecule is CCOCCn1nc(-c2cocn2)c2c1CCN(S(=O)(=O)c1ccccc1Cl)C2. The summed E-state index contributed by atoms with van der Waals surface area (Å²) < 4.78 is 40.3. The third kappa shape index (κ3) is 3.83. The molecule has 0 N–H and O–H groups in total. The van der Waals surface area contributed by atoms with Crippen molar-refractivity contribution in [2.75, 3.05) is 19.8 Å². The molecule has 0 amide bonds. The monoisotopic (exact) mass is 436 g/mol. The van der Waals surface area contributed by atoms with Crippen LogP contribution in [-0.4, -0.2) is 47.2 Å². The molecule has 1 aliphatic rings. The van der Waals surface area contributed by atoms with Crippen molar-refractivity contribution in [2.24, 2.45) is 0 Å². The Labute approximate surface area is 174 Å². The van der Waals surface area contributed by atoms with Crippen LogP contribution in [0.1, 0.15) is 18.2 Å². The number of nitrogens with zero attached hydrogens (tertiary/aromatic N) is 4. The zero-order valence-corrected chi connectivity index (χ0v) is 17.5. The van der Waals surface area contributed by atoms with E-state index in [4.69, 9.17) is 20.8 Å². The lowest BCUT2D eigenvalue weighted by atomic mass is 10.1. The molecule has 0 saturated heterocycles. The van der Waals surface area contributed by atoms with E-state index in [1.165, 1.54) is 23.0 Å². The summed E-state index contributed by atoms with van der Waals surface area (Å²) in [4.78, 5) is 4.31. The second-order valence-corrected chi connectivity index (χ2v) is 8.90. The number of fused-ring (bicyclic) bond motifs is 1. The molecule has 0 saturated carbocycles. The third-order valence-electron chi connectivity index (χ3n) is 4.88. The molecular formula is C19H21ClN4O4S. The van der Waals surface area contributed by atoms with Gasteiger partial charge in [-0.3, -0.25) is 4.68 Å². The minimum Gasteiger partial charge on any atom is -0.451 e. The van der Waals surface area contributed by atoms with Crippen LogP contribution in [-0.2, 0) is 34.3 Å². The van der Waals surface area contributed by atoms with Gasteiger partial charge in [0, 0.05) is 37.4 Å². The standard InChI is InChI=1S/C19H21ClN4O4S/c1-2-27-10-9-24-17-7-8-23(29(25,26)18-6-4-3-5-15(18)20)11-14(17)19(22-24)16-12-28-13-21-16/h3-6,12-13H,2,7-11H2,1H3. The molecule has 0 radical (unpaired) electrons. The summed E-state index contributed by atoms with van der Waals surface area (Å²) in [6.45, 7) is 4.23. The summed E-state index contributed by atoms with van der Waals surface area (Å²) in [6.07, 6.45) is 3.38. The normalized spacial score (nSPS) is 14.8. The molecule has 154 valence electrons. The van der Waals surface area contributed by atoms with Crippen LogP contribution in [0.2, 0.25) is 5.02 Å². The van der Waals surface area contributed by atoms with Gasteiger partial charge in [0.1, 0.15) is 22.5 Å². The maximum absolute atomic E-state index is 13.2. The van der Waals surface area contributed by atoms with Crippen molar-refractivity contribution in [3.05, 3.63) is 53.2 Å². The molecule has 8 nitrogen and oxygen atoms in total. The van der Waals surface area contributed by atoms with Gasteiger partial charge < -0.3 is 9.15 Å². The van der Waals surface area contributed by atoms with Gasteiger partial charge in [-0.2, -0.15) is 9.40 Å². The molecule has 0 aliphatic carbocycles. The van der Waals surface area contributed by atoms with E-state index < -0.39 is 10.0 Å². The lowest BCUT2D eigenvalue weighted by molar-refractivity contribution is 0.135. The molecule has 0 fully saturated rings. The van der Waals surface area contributed by atoms with E-state index in [1.807, 2.05) is 11.6 Å². The largest absolute Gasteiger partial charge is 0.451 e. The minimum atomic E-state index is -3.74. The lowest BCUT2D eigenvalue weighted by Gasteiger charge is -2.27. The zero-order chi connectivity index (χ0) is 20.4. The highest BCUT2D eigenvalue weighted by Gasteiger charge is 2.34. The molecule has 0 atom stereocenters. The topological polar surface area (TPSA) is 90.5 Å². The van der Waals surface area contributed by atoms with Crippen molar-refractivity contribution < 1.29 is 17.6 Å². The van der Waals surface area contributed by atoms with E-state index in [0.717, 1.165) is 11.3 Å². The molecule has 1 aromatic carbocycles. The van der Waals surface area contributed by atoms with E-state index >= 15 is 0 Å². The van der Waals surface area contributed by atoms with Crippen molar-refractivity contribution in [3.63, 3.8) is 0 Å². The average Bonchev–Trinajstić information content (AvgIpc) is 3.36. The molecule has 2 aromatic heterocycles. The molecule has 3 aromatic rings. The lowest BCUT2D eigenvalue weighted by Crippen LogP contribution is -2.36. The second kappa shape index (κ2) is 8.27. The van der Waals surface area contributed by atoms with Crippen LogP contribution in [0.4, 0.5) is 0 Å². The predicted octanol–water partition coefficient (Wildman–Crippen LogP) is 2.98. The van der Waals surface area contributed by atoms with Gasteiger partial charge in [0.05, 0.1) is 18.2 Å². The van der Waals surface area contributed by atoms with Crippen LogP contribution >= 0.6 is 11.6 Å². The van der Waals surface area contributed by atoms with Gasteiger partial charge in [0.25, 0.3) is 0 Å². The molecule has 10 heteroatoms. The summed E-state index contributed by atoms with van der Waals surface area (Å²) in [7, 11) is -3.74. The Kier molecular flexibility index (Phi) is 5.73. The average molecular weight is 437 g/mol. The number of sulfonamides is 1.